The Hall–Kier alpha value is -0.120. The fourth-order valence-electron chi connectivity index (χ4n) is 2.57. The van der Waals surface area contributed by atoms with Crippen molar-refractivity contribution >= 4 is 0 Å². The predicted octanol–water partition coefficient (Wildman–Crippen LogP) is 2.66. The van der Waals surface area contributed by atoms with Gasteiger partial charge < -0.3 is 15.0 Å². The maximum absolute atomic E-state index is 5.67. The van der Waals surface area contributed by atoms with Gasteiger partial charge in [-0.1, -0.05) is 26.2 Å². The summed E-state index contributed by atoms with van der Waals surface area (Å²) in [4.78, 5) is 2.56. The third-order valence-electron chi connectivity index (χ3n) is 3.75. The summed E-state index contributed by atoms with van der Waals surface area (Å²) in [6.07, 6.45) is 8.37. The third-order valence-corrected chi connectivity index (χ3v) is 3.75. The molecule has 1 saturated heterocycles. The van der Waals surface area contributed by atoms with Crippen molar-refractivity contribution in [1.29, 1.82) is 0 Å². The molecule has 1 fully saturated rings. The lowest BCUT2D eigenvalue weighted by atomic mass is 10.1. The summed E-state index contributed by atoms with van der Waals surface area (Å²) in [5.41, 5.74) is 0. The molecule has 18 heavy (non-hydrogen) atoms. The van der Waals surface area contributed by atoms with Crippen LogP contribution in [0.4, 0.5) is 0 Å². The van der Waals surface area contributed by atoms with E-state index < -0.39 is 0 Å². The summed E-state index contributed by atoms with van der Waals surface area (Å²) in [5, 5.41) is 3.56. The highest BCUT2D eigenvalue weighted by Gasteiger charge is 2.18. The second kappa shape index (κ2) is 10.8. The van der Waals surface area contributed by atoms with E-state index in [2.05, 4.69) is 24.1 Å². The van der Waals surface area contributed by atoms with Gasteiger partial charge in [0.2, 0.25) is 0 Å². The number of unbranched alkanes of at least 4 members (excludes halogenated alkanes) is 3. The number of nitrogens with zero attached hydrogens (tertiary/aromatic N) is 1. The average Bonchev–Trinajstić information content (AvgIpc) is 2.40. The van der Waals surface area contributed by atoms with E-state index in [9.17, 15) is 0 Å². The van der Waals surface area contributed by atoms with Crippen LogP contribution in [0.3, 0.4) is 0 Å². The Balaban J connectivity index is 1.88. The molecule has 0 aromatic rings. The first-order chi connectivity index (χ1) is 8.86. The van der Waals surface area contributed by atoms with Gasteiger partial charge in [-0.25, -0.2) is 0 Å². The summed E-state index contributed by atoms with van der Waals surface area (Å²) in [6, 6.07) is 0. The van der Waals surface area contributed by atoms with Gasteiger partial charge in [0, 0.05) is 32.8 Å². The number of nitrogens with one attached hydrogen (secondary N) is 1. The molecule has 0 atom stereocenters. The van der Waals surface area contributed by atoms with Crippen LogP contribution in [0.1, 0.15) is 52.4 Å². The fraction of sp³-hybridized carbons (Fsp3) is 1.00. The second-order valence-electron chi connectivity index (χ2n) is 5.31. The zero-order valence-electron chi connectivity index (χ0n) is 12.4. The minimum absolute atomic E-state index is 0.522. The molecule has 0 aromatic carbocycles. The van der Waals surface area contributed by atoms with Crippen molar-refractivity contribution in [2.75, 3.05) is 39.3 Å². The van der Waals surface area contributed by atoms with Crippen molar-refractivity contribution in [3.8, 4) is 0 Å². The van der Waals surface area contributed by atoms with E-state index in [0.717, 1.165) is 13.2 Å². The number of piperidine rings is 1. The Morgan fingerprint density at radius 1 is 1.06 bits per heavy atom. The Bertz CT molecular complexity index is 179. The Labute approximate surface area is 113 Å². The molecule has 0 aliphatic carbocycles. The van der Waals surface area contributed by atoms with Gasteiger partial charge in [0.05, 0.1) is 6.10 Å². The van der Waals surface area contributed by atoms with E-state index in [1.807, 2.05) is 0 Å². The van der Waals surface area contributed by atoms with Crippen LogP contribution in [0.2, 0.25) is 0 Å². The number of rotatable bonds is 10. The van der Waals surface area contributed by atoms with Gasteiger partial charge in [0.15, 0.2) is 0 Å². The highest BCUT2D eigenvalue weighted by molar-refractivity contribution is 4.72. The van der Waals surface area contributed by atoms with Crippen molar-refractivity contribution in [3.05, 3.63) is 0 Å². The number of likely N-dealkylation sites (tertiary alicyclic amines) is 1. The molecule has 0 radical (unpaired) electrons. The number of ether oxygens (including phenoxy) is 1. The van der Waals surface area contributed by atoms with Crippen molar-refractivity contribution in [3.63, 3.8) is 0 Å². The lowest BCUT2D eigenvalue weighted by molar-refractivity contribution is 0.0146. The van der Waals surface area contributed by atoms with Gasteiger partial charge in [0.25, 0.3) is 0 Å². The van der Waals surface area contributed by atoms with Gasteiger partial charge in [-0.15, -0.1) is 0 Å². The van der Waals surface area contributed by atoms with E-state index >= 15 is 0 Å². The molecule has 0 spiro atoms. The van der Waals surface area contributed by atoms with Gasteiger partial charge in [-0.05, 0) is 32.7 Å². The molecule has 108 valence electrons. The molecule has 1 N–H and O–H groups in total. The van der Waals surface area contributed by atoms with Crippen LogP contribution in [0.15, 0.2) is 0 Å². The molecular weight excluding hydrogens is 224 g/mol. The van der Waals surface area contributed by atoms with E-state index in [1.54, 1.807) is 0 Å². The third kappa shape index (κ3) is 7.34. The first kappa shape index (κ1) is 15.9. The van der Waals surface area contributed by atoms with E-state index in [-0.39, 0.29) is 0 Å². The quantitative estimate of drug-likeness (QED) is 0.608. The largest absolute Gasteiger partial charge is 0.378 e. The van der Waals surface area contributed by atoms with E-state index in [4.69, 9.17) is 4.74 Å². The first-order valence-electron chi connectivity index (χ1n) is 7.91. The predicted molar refractivity (Wildman–Crippen MR) is 78.1 cm³/mol. The highest BCUT2D eigenvalue weighted by Crippen LogP contribution is 2.12. The Morgan fingerprint density at radius 2 is 1.83 bits per heavy atom. The molecule has 1 aliphatic rings. The highest BCUT2D eigenvalue weighted by atomic mass is 16.5. The van der Waals surface area contributed by atoms with Crippen LogP contribution in [0.5, 0.6) is 0 Å². The first-order valence-corrected chi connectivity index (χ1v) is 7.91. The maximum atomic E-state index is 5.67. The SMILES string of the molecule is CCCCCCNCCN1CCC(OCC)CC1. The Morgan fingerprint density at radius 3 is 2.50 bits per heavy atom. The van der Waals surface area contributed by atoms with Crippen LogP contribution in [0, 0.1) is 0 Å². The molecule has 3 heteroatoms. The Kier molecular flexibility index (Phi) is 9.54. The minimum atomic E-state index is 0.522. The zero-order valence-corrected chi connectivity index (χ0v) is 12.4. The van der Waals surface area contributed by atoms with Gasteiger partial charge in [-0.3, -0.25) is 0 Å². The van der Waals surface area contributed by atoms with E-state index in [0.29, 0.717) is 6.10 Å². The van der Waals surface area contributed by atoms with Crippen molar-refractivity contribution in [2.45, 2.75) is 58.5 Å². The monoisotopic (exact) mass is 256 g/mol. The molecular formula is C15H32N2O. The van der Waals surface area contributed by atoms with Crippen molar-refractivity contribution in [1.82, 2.24) is 10.2 Å². The van der Waals surface area contributed by atoms with E-state index in [1.165, 1.54) is 64.7 Å². The van der Waals surface area contributed by atoms with Crippen LogP contribution >= 0.6 is 0 Å². The van der Waals surface area contributed by atoms with Crippen LogP contribution in [-0.2, 0) is 4.74 Å². The molecule has 0 aromatic heterocycles. The molecule has 3 nitrogen and oxygen atoms in total. The van der Waals surface area contributed by atoms with Crippen molar-refractivity contribution in [2.24, 2.45) is 0 Å². The van der Waals surface area contributed by atoms with Crippen LogP contribution < -0.4 is 5.32 Å². The second-order valence-corrected chi connectivity index (χ2v) is 5.31. The molecule has 1 aliphatic heterocycles. The smallest absolute Gasteiger partial charge is 0.0599 e. The molecule has 1 heterocycles. The van der Waals surface area contributed by atoms with Crippen LogP contribution in [-0.4, -0.2) is 50.3 Å². The lowest BCUT2D eigenvalue weighted by Gasteiger charge is -2.31. The summed E-state index contributed by atoms with van der Waals surface area (Å²) >= 11 is 0. The van der Waals surface area contributed by atoms with Crippen molar-refractivity contribution < 1.29 is 4.74 Å². The molecule has 0 unspecified atom stereocenters. The molecule has 0 bridgehead atoms. The topological polar surface area (TPSA) is 24.5 Å². The summed E-state index contributed by atoms with van der Waals surface area (Å²) < 4.78 is 5.67. The minimum Gasteiger partial charge on any atom is -0.378 e. The lowest BCUT2D eigenvalue weighted by Crippen LogP contribution is -2.40. The summed E-state index contributed by atoms with van der Waals surface area (Å²) in [5.74, 6) is 0. The summed E-state index contributed by atoms with van der Waals surface area (Å²) in [7, 11) is 0. The summed E-state index contributed by atoms with van der Waals surface area (Å²) in [6.45, 7) is 11.2. The van der Waals surface area contributed by atoms with Crippen LogP contribution in [0.25, 0.3) is 0 Å². The molecule has 0 saturated carbocycles. The van der Waals surface area contributed by atoms with Gasteiger partial charge in [0.1, 0.15) is 0 Å². The normalized spacial score (nSPS) is 18.3. The standard InChI is InChI=1S/C15H32N2O/c1-3-5-6-7-10-16-11-14-17-12-8-15(9-13-17)18-4-2/h15-16H,3-14H2,1-2H3. The zero-order chi connectivity index (χ0) is 13.1. The van der Waals surface area contributed by atoms with Gasteiger partial charge in [-0.2, -0.15) is 0 Å². The fourth-order valence-corrected chi connectivity index (χ4v) is 2.57. The average molecular weight is 256 g/mol. The number of hydrogen-bond donors (Lipinski definition) is 1. The maximum Gasteiger partial charge on any atom is 0.0599 e. The number of hydrogen-bond acceptors (Lipinski definition) is 3. The molecule has 1 rings (SSSR count). The molecule has 0 amide bonds. The van der Waals surface area contributed by atoms with Gasteiger partial charge >= 0.3 is 0 Å².